The zero-order valence-corrected chi connectivity index (χ0v) is 35.9. The Morgan fingerprint density at radius 3 is 1.33 bits per heavy atom. The fraction of sp³-hybridized carbons (Fsp3) is 0.604. The van der Waals surface area contributed by atoms with Gasteiger partial charge < -0.3 is 14.7 Å². The summed E-state index contributed by atoms with van der Waals surface area (Å²) in [5, 5.41) is 13.4. The summed E-state index contributed by atoms with van der Waals surface area (Å²) in [6.45, 7) is 1.38. The Kier molecular flexibility index (Phi) is 25.7. The van der Waals surface area contributed by atoms with Gasteiger partial charge in [0.15, 0.2) is 0 Å². The third-order valence-electron chi connectivity index (χ3n) is 10.8. The molecule has 0 aliphatic heterocycles. The van der Waals surface area contributed by atoms with Crippen LogP contribution in [0.15, 0.2) is 91.0 Å². The number of aliphatic hydroxyl groups excluding tert-OH is 1. The van der Waals surface area contributed by atoms with Crippen molar-refractivity contribution in [3.8, 4) is 0 Å². The van der Waals surface area contributed by atoms with E-state index in [1.807, 2.05) is 91.0 Å². The zero-order chi connectivity index (χ0) is 40.7. The molecule has 0 spiro atoms. The SMILES string of the molecule is CCCCCCCCCCCCCCCCCCCCCCCC(=O)O[C@@H](CO)COP(=O)(O)OCCNC(c1ccccc1)(c1ccccc1)c1ccccc1. The van der Waals surface area contributed by atoms with Crippen LogP contribution in [0.25, 0.3) is 0 Å². The van der Waals surface area contributed by atoms with Gasteiger partial charge in [0.25, 0.3) is 0 Å². The quantitative estimate of drug-likeness (QED) is 0.0233. The first-order valence-corrected chi connectivity index (χ1v) is 23.7. The van der Waals surface area contributed by atoms with E-state index in [0.717, 1.165) is 29.5 Å². The van der Waals surface area contributed by atoms with E-state index in [2.05, 4.69) is 12.2 Å². The highest BCUT2D eigenvalue weighted by Gasteiger charge is 2.36. The minimum absolute atomic E-state index is 0.134. The maximum absolute atomic E-state index is 12.8. The van der Waals surface area contributed by atoms with Gasteiger partial charge >= 0.3 is 13.8 Å². The number of esters is 1. The van der Waals surface area contributed by atoms with Crippen molar-refractivity contribution < 1.29 is 33.1 Å². The molecule has 3 N–H and O–H groups in total. The Labute approximate surface area is 345 Å². The van der Waals surface area contributed by atoms with E-state index in [9.17, 15) is 19.4 Å². The average Bonchev–Trinajstić information content (AvgIpc) is 3.24. The number of phosphoric acid groups is 1. The molecule has 3 aromatic carbocycles. The van der Waals surface area contributed by atoms with Crippen molar-refractivity contribution in [3.63, 3.8) is 0 Å². The lowest BCUT2D eigenvalue weighted by molar-refractivity contribution is -0.153. The number of hydrogen-bond donors (Lipinski definition) is 3. The highest BCUT2D eigenvalue weighted by atomic mass is 31.2. The van der Waals surface area contributed by atoms with Crippen LogP contribution in [0.1, 0.15) is 165 Å². The van der Waals surface area contributed by atoms with Crippen LogP contribution < -0.4 is 5.32 Å². The lowest BCUT2D eigenvalue weighted by Crippen LogP contribution is -2.46. The lowest BCUT2D eigenvalue weighted by Gasteiger charge is -2.37. The van der Waals surface area contributed by atoms with Crippen LogP contribution in [-0.4, -0.2) is 48.4 Å². The van der Waals surface area contributed by atoms with Crippen LogP contribution in [0, 0.1) is 0 Å². The van der Waals surface area contributed by atoms with Crippen LogP contribution in [0.2, 0.25) is 0 Å². The third-order valence-corrected chi connectivity index (χ3v) is 11.8. The smallest absolute Gasteiger partial charge is 0.457 e. The Morgan fingerprint density at radius 1 is 0.596 bits per heavy atom. The van der Waals surface area contributed by atoms with E-state index in [4.69, 9.17) is 13.8 Å². The molecule has 0 bridgehead atoms. The van der Waals surface area contributed by atoms with Gasteiger partial charge in [0.2, 0.25) is 0 Å². The minimum atomic E-state index is -4.50. The second-order valence-electron chi connectivity index (χ2n) is 15.5. The van der Waals surface area contributed by atoms with Gasteiger partial charge in [-0.15, -0.1) is 0 Å². The maximum Gasteiger partial charge on any atom is 0.472 e. The molecule has 57 heavy (non-hydrogen) atoms. The number of carbonyl (C=O) groups excluding carboxylic acids is 1. The van der Waals surface area contributed by atoms with Gasteiger partial charge in [0.05, 0.1) is 25.4 Å². The molecule has 0 saturated carbocycles. The van der Waals surface area contributed by atoms with Crippen LogP contribution >= 0.6 is 7.82 Å². The van der Waals surface area contributed by atoms with Crippen molar-refractivity contribution in [2.75, 3.05) is 26.4 Å². The number of rotatable bonds is 35. The Hall–Kier alpha value is -2.84. The molecule has 8 nitrogen and oxygen atoms in total. The van der Waals surface area contributed by atoms with Crippen LogP contribution in [-0.2, 0) is 28.7 Å². The fourth-order valence-corrected chi connectivity index (χ4v) is 8.31. The lowest BCUT2D eigenvalue weighted by atomic mass is 9.77. The molecule has 2 atom stereocenters. The predicted octanol–water partition coefficient (Wildman–Crippen LogP) is 12.2. The number of unbranched alkanes of at least 4 members (excludes halogenated alkanes) is 20. The van der Waals surface area contributed by atoms with Gasteiger partial charge in [-0.3, -0.25) is 19.2 Å². The van der Waals surface area contributed by atoms with E-state index in [1.54, 1.807) is 0 Å². The molecule has 318 valence electrons. The summed E-state index contributed by atoms with van der Waals surface area (Å²) < 4.78 is 28.6. The van der Waals surface area contributed by atoms with Gasteiger partial charge in [-0.25, -0.2) is 4.57 Å². The highest BCUT2D eigenvalue weighted by Crippen LogP contribution is 2.43. The van der Waals surface area contributed by atoms with Crippen molar-refractivity contribution in [1.29, 1.82) is 0 Å². The highest BCUT2D eigenvalue weighted by molar-refractivity contribution is 7.47. The largest absolute Gasteiger partial charge is 0.472 e. The normalized spacial score (nSPS) is 13.3. The summed E-state index contributed by atoms with van der Waals surface area (Å²) in [6, 6.07) is 30.1. The van der Waals surface area contributed by atoms with Crippen molar-refractivity contribution in [2.45, 2.75) is 160 Å². The van der Waals surface area contributed by atoms with Gasteiger partial charge in [-0.1, -0.05) is 226 Å². The molecular weight excluding hydrogens is 734 g/mol. The van der Waals surface area contributed by atoms with E-state index in [0.29, 0.717) is 6.42 Å². The summed E-state index contributed by atoms with van der Waals surface area (Å²) in [4.78, 5) is 22.9. The molecule has 0 fully saturated rings. The third kappa shape index (κ3) is 20.1. The molecule has 1 unspecified atom stereocenters. The number of carbonyl (C=O) groups is 1. The Balaban J connectivity index is 1.23. The summed E-state index contributed by atoms with van der Waals surface area (Å²) >= 11 is 0. The van der Waals surface area contributed by atoms with Crippen molar-refractivity contribution in [1.82, 2.24) is 5.32 Å². The monoisotopic (exact) mass is 808 g/mol. The maximum atomic E-state index is 12.8. The molecule has 3 rings (SSSR count). The molecule has 9 heteroatoms. The van der Waals surface area contributed by atoms with Crippen LogP contribution in [0.3, 0.4) is 0 Å². The van der Waals surface area contributed by atoms with Gasteiger partial charge in [-0.05, 0) is 23.1 Å². The number of aliphatic hydroxyl groups is 1. The number of nitrogens with one attached hydrogen (secondary N) is 1. The Bertz CT molecular complexity index is 1360. The summed E-state index contributed by atoms with van der Waals surface area (Å²) in [5.74, 6) is -0.451. The second-order valence-corrected chi connectivity index (χ2v) is 16.9. The van der Waals surface area contributed by atoms with Gasteiger partial charge in [0.1, 0.15) is 6.10 Å². The molecule has 0 radical (unpaired) electrons. The molecule has 0 saturated heterocycles. The summed E-state index contributed by atoms with van der Waals surface area (Å²) in [6.07, 6.45) is 26.5. The number of benzene rings is 3. The van der Waals surface area contributed by atoms with E-state index in [-0.39, 0.29) is 19.6 Å². The molecule has 3 aromatic rings. The number of ether oxygens (including phenoxy) is 1. The van der Waals surface area contributed by atoms with Crippen molar-refractivity contribution in [3.05, 3.63) is 108 Å². The van der Waals surface area contributed by atoms with Gasteiger partial charge in [-0.2, -0.15) is 0 Å². The van der Waals surface area contributed by atoms with E-state index in [1.165, 1.54) is 116 Å². The molecular formula is C48H74NO7P. The minimum Gasteiger partial charge on any atom is -0.457 e. The number of phosphoric ester groups is 1. The summed E-state index contributed by atoms with van der Waals surface area (Å²) in [5.41, 5.74) is 2.26. The predicted molar refractivity (Wildman–Crippen MR) is 233 cm³/mol. The molecule has 0 aliphatic carbocycles. The van der Waals surface area contributed by atoms with Crippen LogP contribution in [0.5, 0.6) is 0 Å². The second kappa shape index (κ2) is 30.2. The summed E-state index contributed by atoms with van der Waals surface area (Å²) in [7, 11) is -4.50. The van der Waals surface area contributed by atoms with Crippen molar-refractivity contribution in [2.24, 2.45) is 0 Å². The standard InChI is InChI=1S/C48H74NO7P/c1-2-3-4-5-6-7-8-9-10-11-12-13-14-15-16-17-18-19-20-21-31-38-47(51)56-46(41-50)42-55-57(52,53)54-40-39-49-48(43-32-25-22-26-33-43,44-34-27-23-28-35-44)45-36-29-24-30-37-45/h22-30,32-37,46,49-50H,2-21,31,38-42H2,1H3,(H,52,53)/t46-/m0/s1. The van der Waals surface area contributed by atoms with E-state index >= 15 is 0 Å². The van der Waals surface area contributed by atoms with Crippen molar-refractivity contribution >= 4 is 13.8 Å². The zero-order valence-electron chi connectivity index (χ0n) is 35.0. The molecule has 0 aromatic heterocycles. The molecule has 0 heterocycles. The average molecular weight is 808 g/mol. The molecule has 0 amide bonds. The first-order valence-electron chi connectivity index (χ1n) is 22.2. The number of hydrogen-bond acceptors (Lipinski definition) is 7. The van der Waals surface area contributed by atoms with Crippen LogP contribution in [0.4, 0.5) is 0 Å². The molecule has 0 aliphatic rings. The van der Waals surface area contributed by atoms with E-state index < -0.39 is 38.6 Å². The topological polar surface area (TPSA) is 114 Å². The fourth-order valence-electron chi connectivity index (χ4n) is 7.55. The Morgan fingerprint density at radius 2 is 0.965 bits per heavy atom. The first-order chi connectivity index (χ1) is 27.9. The van der Waals surface area contributed by atoms with Gasteiger partial charge in [0, 0.05) is 13.0 Å². The first kappa shape index (κ1) is 48.5.